The predicted octanol–water partition coefficient (Wildman–Crippen LogP) is 2.07. The molecule has 1 saturated heterocycles. The molecule has 2 fully saturated rings. The first kappa shape index (κ1) is 16.8. The Bertz CT molecular complexity index is 769. The highest BCUT2D eigenvalue weighted by Crippen LogP contribution is 2.34. The summed E-state index contributed by atoms with van der Waals surface area (Å²) in [5, 5.41) is 14.6. The molecule has 136 valence electrons. The van der Waals surface area contributed by atoms with Crippen LogP contribution in [0, 0.1) is 10.1 Å². The van der Waals surface area contributed by atoms with E-state index in [1.807, 2.05) is 12.1 Å². The second-order valence-corrected chi connectivity index (χ2v) is 7.28. The average Bonchev–Trinajstić information content (AvgIpc) is 3.47. The number of benzene rings is 2. The van der Waals surface area contributed by atoms with Gasteiger partial charge in [-0.15, -0.1) is 0 Å². The normalized spacial score (nSPS) is 17.9. The first-order chi connectivity index (χ1) is 12.7. The number of anilines is 2. The molecule has 2 aliphatic rings. The van der Waals surface area contributed by atoms with Gasteiger partial charge in [0.05, 0.1) is 31.1 Å². The highest BCUT2D eigenvalue weighted by atomic mass is 16.6. The molecule has 1 aliphatic carbocycles. The summed E-state index contributed by atoms with van der Waals surface area (Å²) >= 11 is 0. The number of quaternary nitrogens is 1. The number of nitro benzene ring substituents is 1. The van der Waals surface area contributed by atoms with E-state index in [9.17, 15) is 10.1 Å². The summed E-state index contributed by atoms with van der Waals surface area (Å²) < 4.78 is 0. The van der Waals surface area contributed by atoms with Crippen LogP contribution >= 0.6 is 0 Å². The fraction of sp³-hybridized carbons (Fsp3) is 0.400. The minimum Gasteiger partial charge on any atom is -0.377 e. The number of nitro groups is 1. The van der Waals surface area contributed by atoms with Crippen LogP contribution in [0.15, 0.2) is 48.5 Å². The van der Waals surface area contributed by atoms with Crippen LogP contribution in [0.25, 0.3) is 0 Å². The maximum Gasteiger partial charge on any atom is 0.292 e. The molecule has 6 heteroatoms. The van der Waals surface area contributed by atoms with E-state index in [-0.39, 0.29) is 10.6 Å². The van der Waals surface area contributed by atoms with E-state index in [4.69, 9.17) is 0 Å². The lowest BCUT2D eigenvalue weighted by molar-refractivity contribution is -0.914. The van der Waals surface area contributed by atoms with Crippen LogP contribution in [-0.4, -0.2) is 37.1 Å². The van der Waals surface area contributed by atoms with E-state index in [2.05, 4.69) is 40.5 Å². The summed E-state index contributed by atoms with van der Waals surface area (Å²) in [5.74, 6) is 0. The Labute approximate surface area is 153 Å². The summed E-state index contributed by atoms with van der Waals surface area (Å²) in [6.07, 6.45) is 2.20. The van der Waals surface area contributed by atoms with Gasteiger partial charge in [-0.1, -0.05) is 30.3 Å². The molecule has 2 N–H and O–H groups in total. The molecule has 6 nitrogen and oxygen atoms in total. The van der Waals surface area contributed by atoms with Gasteiger partial charge in [0.1, 0.15) is 12.2 Å². The molecular weight excluding hydrogens is 328 g/mol. The molecule has 1 heterocycles. The van der Waals surface area contributed by atoms with E-state index in [1.165, 1.54) is 5.56 Å². The lowest BCUT2D eigenvalue weighted by atomic mass is 10.1. The minimum atomic E-state index is -0.295. The van der Waals surface area contributed by atoms with Crippen LogP contribution < -0.4 is 15.1 Å². The monoisotopic (exact) mass is 353 g/mol. The molecule has 2 aromatic rings. The average molecular weight is 353 g/mol. The zero-order valence-corrected chi connectivity index (χ0v) is 14.9. The molecule has 0 spiro atoms. The molecular formula is C20H25N4O2+. The Morgan fingerprint density at radius 2 is 1.85 bits per heavy atom. The zero-order chi connectivity index (χ0) is 17.9. The SMILES string of the molecule is O=[N+]([O-])c1ccc(N2CC[NH+](Cc3ccccc3)CC2)cc1NC1CC1. The van der Waals surface area contributed by atoms with E-state index in [0.717, 1.165) is 51.3 Å². The Morgan fingerprint density at radius 1 is 1.12 bits per heavy atom. The van der Waals surface area contributed by atoms with Crippen molar-refractivity contribution in [1.29, 1.82) is 0 Å². The fourth-order valence-electron chi connectivity index (χ4n) is 3.59. The summed E-state index contributed by atoms with van der Waals surface area (Å²) in [5.41, 5.74) is 3.29. The third-order valence-electron chi connectivity index (χ3n) is 5.25. The largest absolute Gasteiger partial charge is 0.377 e. The standard InChI is InChI=1S/C20H24N4O2/c25-24(26)20-9-8-18(14-19(20)21-17-6-7-17)23-12-10-22(11-13-23)15-16-4-2-1-3-5-16/h1-5,8-9,14,17,21H,6-7,10-13,15H2/p+1. The lowest BCUT2D eigenvalue weighted by Gasteiger charge is -2.34. The molecule has 0 atom stereocenters. The summed E-state index contributed by atoms with van der Waals surface area (Å²) in [6, 6.07) is 16.5. The number of nitrogens with one attached hydrogen (secondary N) is 2. The van der Waals surface area contributed by atoms with E-state index in [1.54, 1.807) is 11.0 Å². The highest BCUT2D eigenvalue weighted by Gasteiger charge is 2.26. The lowest BCUT2D eigenvalue weighted by Crippen LogP contribution is -3.13. The second kappa shape index (κ2) is 7.33. The number of rotatable bonds is 6. The number of hydrogen-bond donors (Lipinski definition) is 2. The third-order valence-corrected chi connectivity index (χ3v) is 5.25. The maximum atomic E-state index is 11.3. The predicted molar refractivity (Wildman–Crippen MR) is 103 cm³/mol. The third kappa shape index (κ3) is 3.96. The zero-order valence-electron chi connectivity index (χ0n) is 14.9. The van der Waals surface area contributed by atoms with Crippen molar-refractivity contribution in [2.24, 2.45) is 0 Å². The van der Waals surface area contributed by atoms with Gasteiger partial charge in [-0.25, -0.2) is 0 Å². The first-order valence-corrected chi connectivity index (χ1v) is 9.36. The molecule has 0 unspecified atom stereocenters. The van der Waals surface area contributed by atoms with Crippen molar-refractivity contribution in [2.75, 3.05) is 36.4 Å². The van der Waals surface area contributed by atoms with Crippen molar-refractivity contribution in [3.63, 3.8) is 0 Å². The molecule has 0 amide bonds. The number of piperazine rings is 1. The van der Waals surface area contributed by atoms with Gasteiger partial charge in [-0.05, 0) is 25.0 Å². The van der Waals surface area contributed by atoms with Gasteiger partial charge in [0, 0.05) is 23.4 Å². The topological polar surface area (TPSA) is 62.9 Å². The Hall–Kier alpha value is -2.60. The molecule has 1 aliphatic heterocycles. The Balaban J connectivity index is 1.41. The minimum absolute atomic E-state index is 0.175. The maximum absolute atomic E-state index is 11.3. The molecule has 2 aromatic carbocycles. The van der Waals surface area contributed by atoms with Gasteiger partial charge >= 0.3 is 0 Å². The van der Waals surface area contributed by atoms with Crippen LogP contribution in [0.5, 0.6) is 0 Å². The van der Waals surface area contributed by atoms with Crippen molar-refractivity contribution in [3.8, 4) is 0 Å². The van der Waals surface area contributed by atoms with Gasteiger partial charge in [0.15, 0.2) is 0 Å². The summed E-state index contributed by atoms with van der Waals surface area (Å²) in [6.45, 7) is 5.17. The van der Waals surface area contributed by atoms with Crippen LogP contribution in [0.1, 0.15) is 18.4 Å². The number of hydrogen-bond acceptors (Lipinski definition) is 4. The van der Waals surface area contributed by atoms with Crippen LogP contribution in [-0.2, 0) is 6.54 Å². The van der Waals surface area contributed by atoms with Crippen molar-refractivity contribution in [1.82, 2.24) is 0 Å². The molecule has 1 saturated carbocycles. The van der Waals surface area contributed by atoms with Crippen LogP contribution in [0.2, 0.25) is 0 Å². The first-order valence-electron chi connectivity index (χ1n) is 9.36. The van der Waals surface area contributed by atoms with Gasteiger partial charge in [0.2, 0.25) is 0 Å². The van der Waals surface area contributed by atoms with Crippen molar-refractivity contribution in [2.45, 2.75) is 25.4 Å². The van der Waals surface area contributed by atoms with Crippen LogP contribution in [0.4, 0.5) is 17.1 Å². The Kier molecular flexibility index (Phi) is 4.75. The van der Waals surface area contributed by atoms with Crippen molar-refractivity contribution >= 4 is 17.1 Å². The molecule has 0 aromatic heterocycles. The second-order valence-electron chi connectivity index (χ2n) is 7.28. The smallest absolute Gasteiger partial charge is 0.292 e. The van der Waals surface area contributed by atoms with Crippen molar-refractivity contribution in [3.05, 3.63) is 64.2 Å². The van der Waals surface area contributed by atoms with E-state index >= 15 is 0 Å². The number of nitrogens with zero attached hydrogens (tertiary/aromatic N) is 2. The van der Waals surface area contributed by atoms with Gasteiger partial charge in [-0.2, -0.15) is 0 Å². The summed E-state index contributed by atoms with van der Waals surface area (Å²) in [7, 11) is 0. The molecule has 4 rings (SSSR count). The Morgan fingerprint density at radius 3 is 2.50 bits per heavy atom. The van der Waals surface area contributed by atoms with Gasteiger partial charge in [0.25, 0.3) is 5.69 Å². The van der Waals surface area contributed by atoms with Crippen LogP contribution in [0.3, 0.4) is 0 Å². The van der Waals surface area contributed by atoms with Gasteiger partial charge in [-0.3, -0.25) is 10.1 Å². The molecule has 26 heavy (non-hydrogen) atoms. The molecule has 0 radical (unpaired) electrons. The molecule has 0 bridgehead atoms. The van der Waals surface area contributed by atoms with Crippen molar-refractivity contribution < 1.29 is 9.82 Å². The van der Waals surface area contributed by atoms with Gasteiger partial charge < -0.3 is 15.1 Å². The van der Waals surface area contributed by atoms with E-state index < -0.39 is 0 Å². The van der Waals surface area contributed by atoms with E-state index in [0.29, 0.717) is 11.7 Å². The fourth-order valence-corrected chi connectivity index (χ4v) is 3.59. The quantitative estimate of drug-likeness (QED) is 0.616. The summed E-state index contributed by atoms with van der Waals surface area (Å²) in [4.78, 5) is 14.9. The highest BCUT2D eigenvalue weighted by molar-refractivity contribution is 5.69.